The van der Waals surface area contributed by atoms with Crippen molar-refractivity contribution in [2.24, 2.45) is 0 Å². The fourth-order valence-electron chi connectivity index (χ4n) is 3.07. The van der Waals surface area contributed by atoms with Crippen LogP contribution in [0.15, 0.2) is 48.5 Å². The maximum Gasteiger partial charge on any atom is 0.165 e. The lowest BCUT2D eigenvalue weighted by molar-refractivity contribution is 0.284. The molecule has 0 atom stereocenters. The minimum Gasteiger partial charge on any atom is -0.489 e. The van der Waals surface area contributed by atoms with Gasteiger partial charge in [-0.3, -0.25) is 0 Å². The fourth-order valence-corrected chi connectivity index (χ4v) is 3.07. The highest BCUT2D eigenvalue weighted by molar-refractivity contribution is 5.77. The number of nitrogens with two attached hydrogens (primary N) is 2. The fraction of sp³-hybridized carbons (Fsp3) is 0.150. The van der Waals surface area contributed by atoms with Crippen molar-refractivity contribution in [3.63, 3.8) is 0 Å². The first-order valence-corrected chi connectivity index (χ1v) is 8.76. The number of imidazole rings is 1. The van der Waals surface area contributed by atoms with E-state index in [2.05, 4.69) is 9.97 Å². The minimum atomic E-state index is -0.386. The second-order valence-corrected chi connectivity index (χ2v) is 6.33. The standard InChI is InChI=1S/C20H19FN6O/c1-12-24-16-7-6-15(13-10-18(22)26-19(23)11-13)25-20(16)27(12)8-9-28-17-5-3-2-4-14(17)21/h2-7,10-11H,8-9H2,1H3,(H4,22,23,26). The normalized spacial score (nSPS) is 11.1. The Kier molecular flexibility index (Phi) is 4.52. The van der Waals surface area contributed by atoms with Crippen LogP contribution in [0.4, 0.5) is 16.0 Å². The van der Waals surface area contributed by atoms with Gasteiger partial charge in [-0.2, -0.15) is 0 Å². The van der Waals surface area contributed by atoms with Gasteiger partial charge in [-0.1, -0.05) is 12.1 Å². The molecular formula is C20H19FN6O. The van der Waals surface area contributed by atoms with Crippen LogP contribution in [-0.4, -0.2) is 26.1 Å². The SMILES string of the molecule is Cc1nc2ccc(-c3cc(N)nc(N)c3)nc2n1CCOc1ccccc1F. The van der Waals surface area contributed by atoms with Gasteiger partial charge in [-0.05, 0) is 43.3 Å². The van der Waals surface area contributed by atoms with E-state index in [1.807, 2.05) is 23.6 Å². The largest absolute Gasteiger partial charge is 0.489 e. The molecule has 0 unspecified atom stereocenters. The average Bonchev–Trinajstić information content (AvgIpc) is 2.97. The monoisotopic (exact) mass is 378 g/mol. The molecule has 8 heteroatoms. The zero-order valence-electron chi connectivity index (χ0n) is 15.3. The van der Waals surface area contributed by atoms with Crippen LogP contribution < -0.4 is 16.2 Å². The molecule has 7 nitrogen and oxygen atoms in total. The number of aryl methyl sites for hydroxylation is 1. The van der Waals surface area contributed by atoms with Gasteiger partial charge in [0, 0.05) is 5.56 Å². The Morgan fingerprint density at radius 1 is 1.00 bits per heavy atom. The van der Waals surface area contributed by atoms with Crippen LogP contribution >= 0.6 is 0 Å². The van der Waals surface area contributed by atoms with Crippen molar-refractivity contribution in [3.8, 4) is 17.0 Å². The molecule has 4 aromatic rings. The zero-order chi connectivity index (χ0) is 19.7. The number of fused-ring (bicyclic) bond motifs is 1. The molecule has 0 aliphatic heterocycles. The Balaban J connectivity index is 1.63. The van der Waals surface area contributed by atoms with Crippen LogP contribution in [0.1, 0.15) is 5.82 Å². The summed E-state index contributed by atoms with van der Waals surface area (Å²) in [6.07, 6.45) is 0. The highest BCUT2D eigenvalue weighted by Gasteiger charge is 2.12. The smallest absolute Gasteiger partial charge is 0.165 e. The van der Waals surface area contributed by atoms with Crippen LogP contribution in [0.3, 0.4) is 0 Å². The van der Waals surface area contributed by atoms with E-state index in [4.69, 9.17) is 21.2 Å². The first-order chi connectivity index (χ1) is 13.5. The van der Waals surface area contributed by atoms with Gasteiger partial charge >= 0.3 is 0 Å². The molecule has 1 aromatic carbocycles. The third kappa shape index (κ3) is 3.44. The molecule has 0 spiro atoms. The zero-order valence-corrected chi connectivity index (χ0v) is 15.3. The van der Waals surface area contributed by atoms with Crippen molar-refractivity contribution < 1.29 is 9.13 Å². The van der Waals surface area contributed by atoms with Crippen LogP contribution in [0.25, 0.3) is 22.4 Å². The van der Waals surface area contributed by atoms with Crippen molar-refractivity contribution in [2.75, 3.05) is 18.1 Å². The molecule has 4 rings (SSSR count). The van der Waals surface area contributed by atoms with Crippen molar-refractivity contribution >= 4 is 22.8 Å². The van der Waals surface area contributed by atoms with Crippen LogP contribution in [0.5, 0.6) is 5.75 Å². The maximum atomic E-state index is 13.7. The number of nitrogens with zero attached hydrogens (tertiary/aromatic N) is 4. The third-order valence-corrected chi connectivity index (χ3v) is 4.35. The second-order valence-electron chi connectivity index (χ2n) is 6.33. The van der Waals surface area contributed by atoms with E-state index in [0.717, 1.165) is 16.9 Å². The Bertz CT molecular complexity index is 1140. The number of hydrogen-bond donors (Lipinski definition) is 2. The first kappa shape index (κ1) is 17.7. The third-order valence-electron chi connectivity index (χ3n) is 4.35. The molecular weight excluding hydrogens is 359 g/mol. The summed E-state index contributed by atoms with van der Waals surface area (Å²) in [6.45, 7) is 2.66. The van der Waals surface area contributed by atoms with E-state index in [0.29, 0.717) is 29.5 Å². The summed E-state index contributed by atoms with van der Waals surface area (Å²) in [4.78, 5) is 13.2. The summed E-state index contributed by atoms with van der Waals surface area (Å²) >= 11 is 0. The lowest BCUT2D eigenvalue weighted by Gasteiger charge is -2.10. The summed E-state index contributed by atoms with van der Waals surface area (Å²) in [5.74, 6) is 1.30. The van der Waals surface area contributed by atoms with Gasteiger partial charge in [-0.15, -0.1) is 0 Å². The van der Waals surface area contributed by atoms with Gasteiger partial charge < -0.3 is 20.8 Å². The molecule has 0 radical (unpaired) electrons. The number of nitrogen functional groups attached to an aromatic ring is 2. The number of anilines is 2. The topological polar surface area (TPSA) is 105 Å². The van der Waals surface area contributed by atoms with Gasteiger partial charge in [0.15, 0.2) is 17.2 Å². The van der Waals surface area contributed by atoms with Crippen LogP contribution in [0, 0.1) is 12.7 Å². The molecule has 0 bridgehead atoms. The Morgan fingerprint density at radius 3 is 2.50 bits per heavy atom. The minimum absolute atomic E-state index is 0.223. The van der Waals surface area contributed by atoms with Gasteiger partial charge in [-0.25, -0.2) is 19.3 Å². The summed E-state index contributed by atoms with van der Waals surface area (Å²) < 4.78 is 21.2. The number of para-hydroxylation sites is 1. The Labute approximate surface area is 160 Å². The number of rotatable bonds is 5. The number of halogens is 1. The molecule has 3 heterocycles. The van der Waals surface area contributed by atoms with E-state index in [1.165, 1.54) is 6.07 Å². The molecule has 4 N–H and O–H groups in total. The molecule has 3 aromatic heterocycles. The van der Waals surface area contributed by atoms with Crippen LogP contribution in [-0.2, 0) is 6.54 Å². The van der Waals surface area contributed by atoms with E-state index >= 15 is 0 Å². The average molecular weight is 378 g/mol. The highest BCUT2D eigenvalue weighted by Crippen LogP contribution is 2.24. The van der Waals surface area contributed by atoms with Gasteiger partial charge in [0.05, 0.1) is 12.2 Å². The molecule has 0 fully saturated rings. The van der Waals surface area contributed by atoms with Gasteiger partial charge in [0.1, 0.15) is 29.6 Å². The molecule has 0 aliphatic carbocycles. The molecule has 0 saturated heterocycles. The number of benzene rings is 1. The summed E-state index contributed by atoms with van der Waals surface area (Å²) in [5, 5.41) is 0. The van der Waals surface area contributed by atoms with Crippen molar-refractivity contribution in [1.82, 2.24) is 19.5 Å². The quantitative estimate of drug-likeness (QED) is 0.553. The number of ether oxygens (including phenoxy) is 1. The van der Waals surface area contributed by atoms with E-state index in [9.17, 15) is 4.39 Å². The van der Waals surface area contributed by atoms with E-state index in [-0.39, 0.29) is 18.2 Å². The summed E-state index contributed by atoms with van der Waals surface area (Å²) in [6, 6.07) is 13.5. The summed E-state index contributed by atoms with van der Waals surface area (Å²) in [5.41, 5.74) is 14.6. The maximum absolute atomic E-state index is 13.7. The summed E-state index contributed by atoms with van der Waals surface area (Å²) in [7, 11) is 0. The lowest BCUT2D eigenvalue weighted by Crippen LogP contribution is -2.10. The Morgan fingerprint density at radius 2 is 1.75 bits per heavy atom. The number of aromatic nitrogens is 4. The number of pyridine rings is 2. The predicted molar refractivity (Wildman–Crippen MR) is 106 cm³/mol. The van der Waals surface area contributed by atoms with E-state index < -0.39 is 0 Å². The molecule has 0 amide bonds. The van der Waals surface area contributed by atoms with Crippen LogP contribution in [0.2, 0.25) is 0 Å². The lowest BCUT2D eigenvalue weighted by atomic mass is 10.1. The molecule has 0 aliphatic rings. The van der Waals surface area contributed by atoms with Crippen molar-refractivity contribution in [1.29, 1.82) is 0 Å². The molecule has 142 valence electrons. The second kappa shape index (κ2) is 7.15. The molecule has 28 heavy (non-hydrogen) atoms. The Hall–Kier alpha value is -3.68. The van der Waals surface area contributed by atoms with Crippen molar-refractivity contribution in [3.05, 3.63) is 60.2 Å². The van der Waals surface area contributed by atoms with Crippen molar-refractivity contribution in [2.45, 2.75) is 13.5 Å². The van der Waals surface area contributed by atoms with Gasteiger partial charge in [0.2, 0.25) is 0 Å². The predicted octanol–water partition coefficient (Wildman–Crippen LogP) is 3.18. The number of hydrogen-bond acceptors (Lipinski definition) is 6. The highest BCUT2D eigenvalue weighted by atomic mass is 19.1. The van der Waals surface area contributed by atoms with Gasteiger partial charge in [0.25, 0.3) is 0 Å². The van der Waals surface area contributed by atoms with E-state index in [1.54, 1.807) is 30.3 Å². The first-order valence-electron chi connectivity index (χ1n) is 8.76. The molecule has 0 saturated carbocycles.